The van der Waals surface area contributed by atoms with Crippen molar-refractivity contribution >= 4 is 21.9 Å². The smallest absolute Gasteiger partial charge is 0.373 e. The molecule has 1 N–H and O–H groups in total. The van der Waals surface area contributed by atoms with E-state index in [1.54, 1.807) is 6.07 Å². The van der Waals surface area contributed by atoms with E-state index in [9.17, 15) is 9.18 Å². The molecule has 1 aromatic heterocycles. The first-order valence-corrected chi connectivity index (χ1v) is 5.45. The van der Waals surface area contributed by atoms with E-state index in [1.165, 1.54) is 19.1 Å². The molecule has 0 unspecified atom stereocenters. The summed E-state index contributed by atoms with van der Waals surface area (Å²) in [7, 11) is 0. The van der Waals surface area contributed by atoms with Crippen molar-refractivity contribution in [1.82, 2.24) is 4.98 Å². The summed E-state index contributed by atoms with van der Waals surface area (Å²) in [5.41, 5.74) is 0.335. The Hall–Kier alpha value is -1.69. The summed E-state index contributed by atoms with van der Waals surface area (Å²) in [4.78, 5) is 14.7. The number of aryl methyl sites for hydroxylation is 1. The van der Waals surface area contributed by atoms with Crippen molar-refractivity contribution in [2.45, 2.75) is 6.92 Å². The Morgan fingerprint density at radius 2 is 2.24 bits per heavy atom. The van der Waals surface area contributed by atoms with Gasteiger partial charge in [-0.25, -0.2) is 14.2 Å². The Kier molecular flexibility index (Phi) is 2.97. The van der Waals surface area contributed by atoms with Crippen LogP contribution in [0.1, 0.15) is 16.2 Å². The Labute approximate surface area is 104 Å². The van der Waals surface area contributed by atoms with Gasteiger partial charge in [0.1, 0.15) is 5.82 Å². The number of benzene rings is 1. The fraction of sp³-hybridized carbons (Fsp3) is 0.0909. The molecule has 0 saturated heterocycles. The highest BCUT2D eigenvalue weighted by molar-refractivity contribution is 9.10. The van der Waals surface area contributed by atoms with Crippen LogP contribution >= 0.6 is 15.9 Å². The van der Waals surface area contributed by atoms with Crippen LogP contribution in [0.5, 0.6) is 0 Å². The second-order valence-corrected chi connectivity index (χ2v) is 4.19. The predicted molar refractivity (Wildman–Crippen MR) is 61.3 cm³/mol. The normalized spacial score (nSPS) is 10.5. The second kappa shape index (κ2) is 4.29. The number of aromatic nitrogens is 1. The van der Waals surface area contributed by atoms with Gasteiger partial charge in [0.15, 0.2) is 0 Å². The van der Waals surface area contributed by atoms with Crippen LogP contribution < -0.4 is 0 Å². The molecule has 0 saturated carbocycles. The van der Waals surface area contributed by atoms with Gasteiger partial charge in [0.25, 0.3) is 0 Å². The molecule has 0 radical (unpaired) electrons. The van der Waals surface area contributed by atoms with Gasteiger partial charge in [0.2, 0.25) is 11.7 Å². The first-order valence-electron chi connectivity index (χ1n) is 4.66. The summed E-state index contributed by atoms with van der Waals surface area (Å²) < 4.78 is 19.0. The monoisotopic (exact) mass is 299 g/mol. The van der Waals surface area contributed by atoms with Crippen molar-refractivity contribution in [3.63, 3.8) is 0 Å². The van der Waals surface area contributed by atoms with E-state index in [1.807, 2.05) is 0 Å². The Balaban J connectivity index is 2.58. The molecule has 0 spiro atoms. The van der Waals surface area contributed by atoms with Crippen molar-refractivity contribution in [3.05, 3.63) is 39.9 Å². The summed E-state index contributed by atoms with van der Waals surface area (Å²) >= 11 is 3.04. The maximum Gasteiger partial charge on any atom is 0.373 e. The molecule has 0 fully saturated rings. The molecule has 1 heterocycles. The maximum absolute atomic E-state index is 13.7. The average molecular weight is 300 g/mol. The van der Waals surface area contributed by atoms with E-state index in [4.69, 9.17) is 9.52 Å². The average Bonchev–Trinajstić information content (AvgIpc) is 2.64. The number of nitrogens with zero attached hydrogens (tertiary/aromatic N) is 1. The largest absolute Gasteiger partial charge is 0.475 e. The lowest BCUT2D eigenvalue weighted by Crippen LogP contribution is -1.95. The molecule has 0 aliphatic heterocycles. The van der Waals surface area contributed by atoms with Gasteiger partial charge in [-0.05, 0) is 35.0 Å². The third kappa shape index (κ3) is 2.08. The molecule has 0 amide bonds. The van der Waals surface area contributed by atoms with Gasteiger partial charge in [-0.2, -0.15) is 0 Å². The topological polar surface area (TPSA) is 63.3 Å². The Morgan fingerprint density at radius 3 is 2.82 bits per heavy atom. The highest BCUT2D eigenvalue weighted by Crippen LogP contribution is 2.28. The van der Waals surface area contributed by atoms with Crippen LogP contribution in [0.4, 0.5) is 4.39 Å². The molecule has 1 aromatic carbocycles. The number of rotatable bonds is 2. The van der Waals surface area contributed by atoms with Crippen molar-refractivity contribution in [2.75, 3.05) is 0 Å². The molecule has 0 aliphatic carbocycles. The first kappa shape index (κ1) is 11.8. The van der Waals surface area contributed by atoms with E-state index in [0.29, 0.717) is 0 Å². The zero-order valence-corrected chi connectivity index (χ0v) is 10.3. The van der Waals surface area contributed by atoms with Crippen LogP contribution in [0.25, 0.3) is 11.5 Å². The Morgan fingerprint density at radius 1 is 1.53 bits per heavy atom. The molecule has 6 heteroatoms. The summed E-state index contributed by atoms with van der Waals surface area (Å²) in [5.74, 6) is -2.08. The highest BCUT2D eigenvalue weighted by Gasteiger charge is 2.19. The summed E-state index contributed by atoms with van der Waals surface area (Å²) in [5, 5.41) is 8.81. The van der Waals surface area contributed by atoms with Crippen LogP contribution in [0, 0.1) is 12.7 Å². The number of hydrogen-bond donors (Lipinski definition) is 1. The number of hydrogen-bond acceptors (Lipinski definition) is 3. The van der Waals surface area contributed by atoms with Gasteiger partial charge in [-0.1, -0.05) is 6.07 Å². The lowest BCUT2D eigenvalue weighted by atomic mass is 10.2. The van der Waals surface area contributed by atoms with Crippen LogP contribution in [-0.4, -0.2) is 16.1 Å². The number of aromatic carboxylic acids is 1. The van der Waals surface area contributed by atoms with E-state index < -0.39 is 11.8 Å². The van der Waals surface area contributed by atoms with Gasteiger partial charge in [0, 0.05) is 0 Å². The molecule has 88 valence electrons. The summed E-state index contributed by atoms with van der Waals surface area (Å²) in [6.07, 6.45) is 0. The van der Waals surface area contributed by atoms with Crippen molar-refractivity contribution in [2.24, 2.45) is 0 Å². The van der Waals surface area contributed by atoms with Gasteiger partial charge in [0.05, 0.1) is 15.7 Å². The molecule has 4 nitrogen and oxygen atoms in total. The van der Waals surface area contributed by atoms with Gasteiger partial charge in [-0.3, -0.25) is 0 Å². The lowest BCUT2D eigenvalue weighted by Gasteiger charge is -1.99. The Bertz CT molecular complexity index is 594. The predicted octanol–water partition coefficient (Wildman–Crippen LogP) is 3.25. The molecule has 0 aliphatic rings. The standard InChI is InChI=1S/C11H7BrFNO3/c1-5-9(11(15)16)17-10(14-5)6-3-2-4-7(12)8(6)13/h2-4H,1H3,(H,15,16). The highest BCUT2D eigenvalue weighted by atomic mass is 79.9. The van der Waals surface area contributed by atoms with Crippen LogP contribution in [0.2, 0.25) is 0 Å². The molecular weight excluding hydrogens is 293 g/mol. The minimum atomic E-state index is -1.23. The van der Waals surface area contributed by atoms with Crippen LogP contribution in [-0.2, 0) is 0 Å². The second-order valence-electron chi connectivity index (χ2n) is 3.34. The minimum absolute atomic E-state index is 0.0429. The molecule has 2 aromatic rings. The molecule has 2 rings (SSSR count). The fourth-order valence-corrected chi connectivity index (χ4v) is 1.75. The molecule has 17 heavy (non-hydrogen) atoms. The fourth-order valence-electron chi connectivity index (χ4n) is 1.38. The van der Waals surface area contributed by atoms with Crippen LogP contribution in [0.3, 0.4) is 0 Å². The van der Waals surface area contributed by atoms with E-state index in [2.05, 4.69) is 20.9 Å². The summed E-state index contributed by atoms with van der Waals surface area (Å²) in [6, 6.07) is 4.62. The third-order valence-electron chi connectivity index (χ3n) is 2.17. The maximum atomic E-state index is 13.7. The van der Waals surface area contributed by atoms with Crippen LogP contribution in [0.15, 0.2) is 27.1 Å². The van der Waals surface area contributed by atoms with E-state index >= 15 is 0 Å². The van der Waals surface area contributed by atoms with E-state index in [-0.39, 0.29) is 27.4 Å². The molecule has 0 atom stereocenters. The number of carboxylic acid groups (broad SMARTS) is 1. The quantitative estimate of drug-likeness (QED) is 0.924. The summed E-state index contributed by atoms with van der Waals surface area (Å²) in [6.45, 7) is 1.49. The molecular formula is C11H7BrFNO3. The van der Waals surface area contributed by atoms with Crippen molar-refractivity contribution in [1.29, 1.82) is 0 Å². The first-order chi connectivity index (χ1) is 8.00. The number of halogens is 2. The van der Waals surface area contributed by atoms with E-state index in [0.717, 1.165) is 0 Å². The van der Waals surface area contributed by atoms with Crippen molar-refractivity contribution in [3.8, 4) is 11.5 Å². The van der Waals surface area contributed by atoms with Gasteiger partial charge in [-0.15, -0.1) is 0 Å². The minimum Gasteiger partial charge on any atom is -0.475 e. The lowest BCUT2D eigenvalue weighted by molar-refractivity contribution is 0.0662. The number of carbonyl (C=O) groups is 1. The zero-order chi connectivity index (χ0) is 12.6. The molecule has 0 bridgehead atoms. The van der Waals surface area contributed by atoms with Gasteiger partial charge >= 0.3 is 5.97 Å². The van der Waals surface area contributed by atoms with Gasteiger partial charge < -0.3 is 9.52 Å². The zero-order valence-electron chi connectivity index (χ0n) is 8.70. The SMILES string of the molecule is Cc1nc(-c2cccc(Br)c2F)oc1C(=O)O. The number of carboxylic acids is 1. The number of oxazole rings is 1. The third-order valence-corrected chi connectivity index (χ3v) is 2.79. The van der Waals surface area contributed by atoms with Crippen molar-refractivity contribution < 1.29 is 18.7 Å².